The van der Waals surface area contributed by atoms with Gasteiger partial charge in [0.15, 0.2) is 0 Å². The fourth-order valence-corrected chi connectivity index (χ4v) is 2.24. The van der Waals surface area contributed by atoms with Crippen molar-refractivity contribution in [1.82, 2.24) is 0 Å². The van der Waals surface area contributed by atoms with Gasteiger partial charge in [-0.1, -0.05) is 17.7 Å². The summed E-state index contributed by atoms with van der Waals surface area (Å²) in [6.07, 6.45) is 0. The normalized spacial score (nSPS) is 13.0. The van der Waals surface area contributed by atoms with Crippen molar-refractivity contribution in [2.24, 2.45) is 5.73 Å². The molecule has 0 saturated heterocycles. The number of nitrogens with two attached hydrogens (primary N) is 1. The zero-order valence-electron chi connectivity index (χ0n) is 8.46. The van der Waals surface area contributed by atoms with Gasteiger partial charge in [0.25, 0.3) is 0 Å². The molecule has 2 heteroatoms. The van der Waals surface area contributed by atoms with E-state index in [1.54, 1.807) is 0 Å². The average molecular weight is 195 g/mol. The smallest absolute Gasteiger partial charge is 0.0394 e. The molecule has 0 bridgehead atoms. The van der Waals surface area contributed by atoms with Crippen LogP contribution in [-0.2, 0) is 0 Å². The SMILES string of the molecule is Cc1cc(C)c(C(S)CN)c(C)c1. The Balaban J connectivity index is 3.20. The van der Waals surface area contributed by atoms with Crippen molar-refractivity contribution in [3.8, 4) is 0 Å². The molecule has 1 unspecified atom stereocenters. The summed E-state index contributed by atoms with van der Waals surface area (Å²) in [7, 11) is 0. The molecule has 0 saturated carbocycles. The molecule has 0 spiro atoms. The van der Waals surface area contributed by atoms with Crippen LogP contribution in [0, 0.1) is 20.8 Å². The highest BCUT2D eigenvalue weighted by Gasteiger charge is 2.10. The Labute approximate surface area is 85.8 Å². The lowest BCUT2D eigenvalue weighted by atomic mass is 9.97. The highest BCUT2D eigenvalue weighted by atomic mass is 32.1. The highest BCUT2D eigenvalue weighted by molar-refractivity contribution is 7.80. The molecule has 0 amide bonds. The maximum atomic E-state index is 5.60. The maximum absolute atomic E-state index is 5.60. The zero-order chi connectivity index (χ0) is 10.0. The van der Waals surface area contributed by atoms with Gasteiger partial charge in [0.1, 0.15) is 0 Å². The Bertz CT molecular complexity index is 284. The molecular weight excluding hydrogens is 178 g/mol. The molecule has 0 aromatic heterocycles. The quantitative estimate of drug-likeness (QED) is 0.697. The van der Waals surface area contributed by atoms with Crippen LogP contribution in [0.25, 0.3) is 0 Å². The first-order valence-electron chi connectivity index (χ1n) is 4.52. The van der Waals surface area contributed by atoms with E-state index in [2.05, 4.69) is 45.5 Å². The lowest BCUT2D eigenvalue weighted by Gasteiger charge is -2.15. The van der Waals surface area contributed by atoms with E-state index in [1.165, 1.54) is 22.3 Å². The zero-order valence-corrected chi connectivity index (χ0v) is 9.36. The van der Waals surface area contributed by atoms with Crippen molar-refractivity contribution in [2.75, 3.05) is 6.54 Å². The number of hydrogen-bond acceptors (Lipinski definition) is 2. The summed E-state index contributed by atoms with van der Waals surface area (Å²) < 4.78 is 0. The molecule has 0 radical (unpaired) electrons. The Hall–Kier alpha value is -0.470. The molecule has 0 heterocycles. The van der Waals surface area contributed by atoms with Gasteiger partial charge in [-0.25, -0.2) is 0 Å². The van der Waals surface area contributed by atoms with E-state index in [0.717, 1.165) is 0 Å². The Morgan fingerprint density at radius 1 is 1.23 bits per heavy atom. The first-order valence-corrected chi connectivity index (χ1v) is 5.03. The van der Waals surface area contributed by atoms with Crippen LogP contribution < -0.4 is 5.73 Å². The molecule has 0 aliphatic rings. The van der Waals surface area contributed by atoms with E-state index in [4.69, 9.17) is 5.73 Å². The van der Waals surface area contributed by atoms with E-state index in [9.17, 15) is 0 Å². The Morgan fingerprint density at radius 3 is 2.08 bits per heavy atom. The summed E-state index contributed by atoms with van der Waals surface area (Å²) in [6.45, 7) is 6.94. The van der Waals surface area contributed by atoms with Gasteiger partial charge in [-0.3, -0.25) is 0 Å². The lowest BCUT2D eigenvalue weighted by molar-refractivity contribution is 0.926. The second-order valence-corrected chi connectivity index (χ2v) is 4.19. The fourth-order valence-electron chi connectivity index (χ4n) is 1.83. The van der Waals surface area contributed by atoms with Crippen molar-refractivity contribution in [2.45, 2.75) is 26.0 Å². The molecule has 2 N–H and O–H groups in total. The Kier molecular flexibility index (Phi) is 3.40. The lowest BCUT2D eigenvalue weighted by Crippen LogP contribution is -2.09. The van der Waals surface area contributed by atoms with Crippen molar-refractivity contribution >= 4 is 12.6 Å². The molecule has 0 aliphatic carbocycles. The third kappa shape index (κ3) is 2.26. The summed E-state index contributed by atoms with van der Waals surface area (Å²) in [5, 5.41) is 0.167. The van der Waals surface area contributed by atoms with Gasteiger partial charge in [-0.15, -0.1) is 0 Å². The first kappa shape index (κ1) is 10.6. The van der Waals surface area contributed by atoms with E-state index in [0.29, 0.717) is 6.54 Å². The van der Waals surface area contributed by atoms with Crippen LogP contribution in [0.5, 0.6) is 0 Å². The number of aryl methyl sites for hydroxylation is 3. The molecule has 0 fully saturated rings. The minimum atomic E-state index is 0.167. The summed E-state index contributed by atoms with van der Waals surface area (Å²) >= 11 is 4.47. The minimum absolute atomic E-state index is 0.167. The first-order chi connectivity index (χ1) is 6.06. The molecule has 13 heavy (non-hydrogen) atoms. The van der Waals surface area contributed by atoms with Crippen molar-refractivity contribution < 1.29 is 0 Å². The fraction of sp³-hybridized carbons (Fsp3) is 0.455. The van der Waals surface area contributed by atoms with Gasteiger partial charge in [-0.05, 0) is 37.5 Å². The predicted octanol–water partition coefficient (Wildman–Crippen LogP) is 2.54. The van der Waals surface area contributed by atoms with Crippen LogP contribution in [0.2, 0.25) is 0 Å². The molecule has 1 aromatic carbocycles. The van der Waals surface area contributed by atoms with E-state index in [-0.39, 0.29) is 5.25 Å². The van der Waals surface area contributed by atoms with Crippen LogP contribution in [0.3, 0.4) is 0 Å². The van der Waals surface area contributed by atoms with Crippen LogP contribution in [0.1, 0.15) is 27.5 Å². The van der Waals surface area contributed by atoms with Crippen LogP contribution in [0.15, 0.2) is 12.1 Å². The van der Waals surface area contributed by atoms with Gasteiger partial charge in [0.2, 0.25) is 0 Å². The minimum Gasteiger partial charge on any atom is -0.329 e. The molecule has 1 rings (SSSR count). The van der Waals surface area contributed by atoms with Crippen molar-refractivity contribution in [3.63, 3.8) is 0 Å². The van der Waals surface area contributed by atoms with Gasteiger partial charge in [-0.2, -0.15) is 12.6 Å². The van der Waals surface area contributed by atoms with Crippen LogP contribution in [-0.4, -0.2) is 6.54 Å². The Morgan fingerprint density at radius 2 is 1.69 bits per heavy atom. The standard InChI is InChI=1S/C11H17NS/c1-7-4-8(2)11(9(3)5-7)10(13)6-12/h4-5,10,13H,6,12H2,1-3H3. The molecular formula is C11H17NS. The predicted molar refractivity (Wildman–Crippen MR) is 61.4 cm³/mol. The second kappa shape index (κ2) is 4.16. The number of thiol groups is 1. The third-order valence-corrected chi connectivity index (χ3v) is 2.76. The van der Waals surface area contributed by atoms with Crippen molar-refractivity contribution in [3.05, 3.63) is 34.4 Å². The number of rotatable bonds is 2. The number of hydrogen-bond donors (Lipinski definition) is 2. The largest absolute Gasteiger partial charge is 0.329 e. The van der Waals surface area contributed by atoms with E-state index < -0.39 is 0 Å². The molecule has 1 atom stereocenters. The van der Waals surface area contributed by atoms with Gasteiger partial charge < -0.3 is 5.73 Å². The summed E-state index contributed by atoms with van der Waals surface area (Å²) in [5.41, 5.74) is 10.8. The van der Waals surface area contributed by atoms with Gasteiger partial charge in [0, 0.05) is 11.8 Å². The van der Waals surface area contributed by atoms with Crippen LogP contribution in [0.4, 0.5) is 0 Å². The molecule has 0 aliphatic heterocycles. The van der Waals surface area contributed by atoms with Crippen LogP contribution >= 0.6 is 12.6 Å². The molecule has 1 aromatic rings. The monoisotopic (exact) mass is 195 g/mol. The van der Waals surface area contributed by atoms with E-state index in [1.807, 2.05) is 0 Å². The topological polar surface area (TPSA) is 26.0 Å². The summed E-state index contributed by atoms with van der Waals surface area (Å²) in [4.78, 5) is 0. The molecule has 1 nitrogen and oxygen atoms in total. The maximum Gasteiger partial charge on any atom is 0.0394 e. The van der Waals surface area contributed by atoms with Crippen molar-refractivity contribution in [1.29, 1.82) is 0 Å². The number of benzene rings is 1. The summed E-state index contributed by atoms with van der Waals surface area (Å²) in [6, 6.07) is 4.36. The summed E-state index contributed by atoms with van der Waals surface area (Å²) in [5.74, 6) is 0. The van der Waals surface area contributed by atoms with Gasteiger partial charge in [0.05, 0.1) is 0 Å². The van der Waals surface area contributed by atoms with E-state index >= 15 is 0 Å². The average Bonchev–Trinajstić information content (AvgIpc) is 2.02. The second-order valence-electron chi connectivity index (χ2n) is 3.56. The highest BCUT2D eigenvalue weighted by Crippen LogP contribution is 2.26. The van der Waals surface area contributed by atoms with Gasteiger partial charge >= 0.3 is 0 Å². The molecule has 72 valence electrons. The third-order valence-electron chi connectivity index (χ3n) is 2.29.